The summed E-state index contributed by atoms with van der Waals surface area (Å²) < 4.78 is 6.77. The highest BCUT2D eigenvalue weighted by Crippen LogP contribution is 2.35. The quantitative estimate of drug-likeness (QED) is 0.269. The summed E-state index contributed by atoms with van der Waals surface area (Å²) in [5, 5.41) is 58.0. The number of carboxylic acids is 1. The van der Waals surface area contributed by atoms with Gasteiger partial charge in [-0.15, -0.1) is 0 Å². The number of carbonyl (C=O) groups is 2. The minimum absolute atomic E-state index is 0.0614. The number of aliphatic hydroxyl groups is 3. The van der Waals surface area contributed by atoms with E-state index in [-0.39, 0.29) is 5.69 Å². The Kier molecular flexibility index (Phi) is 7.67. The van der Waals surface area contributed by atoms with Crippen molar-refractivity contribution in [3.63, 3.8) is 0 Å². The third-order valence-electron chi connectivity index (χ3n) is 6.26. The van der Waals surface area contributed by atoms with Crippen LogP contribution in [0.25, 0.3) is 22.0 Å². The molecule has 5 atom stereocenters. The van der Waals surface area contributed by atoms with Crippen molar-refractivity contribution < 1.29 is 34.8 Å². The molecule has 198 valence electrons. The van der Waals surface area contributed by atoms with Crippen LogP contribution < -0.4 is 5.32 Å². The van der Waals surface area contributed by atoms with Crippen molar-refractivity contribution >= 4 is 22.8 Å². The minimum atomic E-state index is -1.80. The largest absolute Gasteiger partial charge is 0.478 e. The SMILES string of the molecule is CC(C)C(=O)N[C@H]1[C@H]([C@H](O)[C@H](O)CO)OC(C(=O)O)=C[C@@H]1n1nc2c(-c3cncnc3)cccc2c1C#N. The first-order valence-electron chi connectivity index (χ1n) is 11.7. The molecule has 13 nitrogen and oxygen atoms in total. The second-order valence-corrected chi connectivity index (χ2v) is 9.07. The molecule has 4 rings (SSSR count). The average molecular weight is 523 g/mol. The molecule has 0 saturated heterocycles. The maximum Gasteiger partial charge on any atom is 0.370 e. The molecule has 1 aliphatic rings. The van der Waals surface area contributed by atoms with Crippen molar-refractivity contribution in [2.24, 2.45) is 5.92 Å². The van der Waals surface area contributed by atoms with Gasteiger partial charge in [-0.25, -0.2) is 19.4 Å². The number of benzene rings is 1. The van der Waals surface area contributed by atoms with E-state index in [1.807, 2.05) is 0 Å². The van der Waals surface area contributed by atoms with Crippen molar-refractivity contribution in [2.75, 3.05) is 6.61 Å². The summed E-state index contributed by atoms with van der Waals surface area (Å²) >= 11 is 0. The number of nitriles is 1. The number of hydrogen-bond donors (Lipinski definition) is 5. The molecular formula is C25H26N6O7. The standard InChI is InChI=1S/C25H26N6O7/c1-12(2)24(35)29-21-16(6-19(25(36)37)38-23(21)22(34)18(33)10-32)31-17(7-26)15-5-3-4-14(20(15)30-31)13-8-27-11-28-9-13/h3-6,8-9,11-12,16,18,21-23,32-34H,10H2,1-2H3,(H,29,35)(H,36,37)/t16-,18+,21+,22+,23+/m0/s1. The van der Waals surface area contributed by atoms with Crippen LogP contribution in [0.15, 0.2) is 48.8 Å². The Balaban J connectivity index is 1.95. The summed E-state index contributed by atoms with van der Waals surface area (Å²) in [4.78, 5) is 32.8. The number of rotatable bonds is 8. The van der Waals surface area contributed by atoms with E-state index in [9.17, 15) is 35.3 Å². The Hall–Kier alpha value is -4.38. The molecule has 0 aliphatic carbocycles. The number of carbonyl (C=O) groups excluding carboxylic acids is 1. The third-order valence-corrected chi connectivity index (χ3v) is 6.26. The van der Waals surface area contributed by atoms with Gasteiger partial charge in [-0.2, -0.15) is 10.4 Å². The number of aliphatic carboxylic acids is 1. The van der Waals surface area contributed by atoms with Crippen LogP contribution >= 0.6 is 0 Å². The van der Waals surface area contributed by atoms with E-state index in [1.54, 1.807) is 44.4 Å². The van der Waals surface area contributed by atoms with Crippen LogP contribution in [0.1, 0.15) is 25.6 Å². The predicted octanol–water partition coefficient (Wildman–Crippen LogP) is 0.128. The normalized spacial score (nSPS) is 20.8. The smallest absolute Gasteiger partial charge is 0.370 e. The highest BCUT2D eigenvalue weighted by molar-refractivity contribution is 5.96. The van der Waals surface area contributed by atoms with Crippen LogP contribution in [0.3, 0.4) is 0 Å². The zero-order valence-electron chi connectivity index (χ0n) is 20.5. The molecule has 0 radical (unpaired) electrons. The Bertz CT molecular complexity index is 1410. The van der Waals surface area contributed by atoms with Crippen LogP contribution in [0, 0.1) is 17.2 Å². The molecule has 5 N–H and O–H groups in total. The number of fused-ring (bicyclic) bond motifs is 1. The average Bonchev–Trinajstić information content (AvgIpc) is 3.31. The summed E-state index contributed by atoms with van der Waals surface area (Å²) in [7, 11) is 0. The second-order valence-electron chi connectivity index (χ2n) is 9.07. The first kappa shape index (κ1) is 26.7. The third kappa shape index (κ3) is 4.92. The predicted molar refractivity (Wildman–Crippen MR) is 131 cm³/mol. The van der Waals surface area contributed by atoms with Gasteiger partial charge < -0.3 is 30.5 Å². The van der Waals surface area contributed by atoms with Gasteiger partial charge in [-0.05, 0) is 12.1 Å². The molecule has 38 heavy (non-hydrogen) atoms. The van der Waals surface area contributed by atoms with Crippen molar-refractivity contribution in [3.8, 4) is 17.2 Å². The van der Waals surface area contributed by atoms with Gasteiger partial charge >= 0.3 is 5.97 Å². The van der Waals surface area contributed by atoms with Gasteiger partial charge in [0.15, 0.2) is 0 Å². The maximum absolute atomic E-state index is 12.8. The van der Waals surface area contributed by atoms with Gasteiger partial charge in [0, 0.05) is 34.8 Å². The molecule has 0 bridgehead atoms. The highest BCUT2D eigenvalue weighted by atomic mass is 16.5. The van der Waals surface area contributed by atoms with Crippen LogP contribution in [-0.4, -0.2) is 83.0 Å². The van der Waals surface area contributed by atoms with Crippen molar-refractivity contribution in [3.05, 3.63) is 54.4 Å². The second kappa shape index (κ2) is 10.9. The number of carboxylic acid groups (broad SMARTS) is 1. The lowest BCUT2D eigenvalue weighted by molar-refractivity contribution is -0.147. The summed E-state index contributed by atoms with van der Waals surface area (Å²) in [6.45, 7) is 2.43. The van der Waals surface area contributed by atoms with Crippen molar-refractivity contribution in [1.82, 2.24) is 25.1 Å². The number of aliphatic hydroxyl groups excluding tert-OH is 3. The molecule has 1 aromatic carbocycles. The van der Waals surface area contributed by atoms with Crippen LogP contribution in [0.2, 0.25) is 0 Å². The summed E-state index contributed by atoms with van der Waals surface area (Å²) in [5.74, 6) is -3.02. The van der Waals surface area contributed by atoms with Gasteiger partial charge in [-0.1, -0.05) is 26.0 Å². The molecule has 3 aromatic rings. The lowest BCUT2D eigenvalue weighted by atomic mass is 9.91. The van der Waals surface area contributed by atoms with Crippen molar-refractivity contribution in [2.45, 2.75) is 44.2 Å². The first-order valence-corrected chi connectivity index (χ1v) is 11.7. The summed E-state index contributed by atoms with van der Waals surface area (Å²) in [6, 6.07) is 4.95. The Morgan fingerprint density at radius 2 is 1.95 bits per heavy atom. The Morgan fingerprint density at radius 3 is 2.55 bits per heavy atom. The fraction of sp³-hybridized carbons (Fsp3) is 0.360. The monoisotopic (exact) mass is 522 g/mol. The molecule has 1 amide bonds. The Labute approximate surface area is 216 Å². The van der Waals surface area contributed by atoms with Gasteiger partial charge in [0.05, 0.1) is 18.7 Å². The number of nitrogens with zero attached hydrogens (tertiary/aromatic N) is 5. The number of amides is 1. The van der Waals surface area contributed by atoms with E-state index >= 15 is 0 Å². The molecule has 13 heteroatoms. The van der Waals surface area contributed by atoms with Crippen LogP contribution in [-0.2, 0) is 14.3 Å². The number of nitrogens with one attached hydrogen (secondary N) is 1. The lowest BCUT2D eigenvalue weighted by Crippen LogP contribution is -2.59. The van der Waals surface area contributed by atoms with E-state index in [0.717, 1.165) is 0 Å². The van der Waals surface area contributed by atoms with Gasteiger partial charge in [0.2, 0.25) is 11.7 Å². The van der Waals surface area contributed by atoms with Gasteiger partial charge in [-0.3, -0.25) is 4.79 Å². The fourth-order valence-electron chi connectivity index (χ4n) is 4.29. The topological polar surface area (TPSA) is 204 Å². The molecule has 1 aliphatic heterocycles. The van der Waals surface area contributed by atoms with E-state index in [0.29, 0.717) is 22.0 Å². The molecule has 0 spiro atoms. The zero-order chi connectivity index (χ0) is 27.6. The van der Waals surface area contributed by atoms with E-state index in [1.165, 1.54) is 17.1 Å². The number of ether oxygens (including phenoxy) is 1. The van der Waals surface area contributed by atoms with Crippen molar-refractivity contribution in [1.29, 1.82) is 5.26 Å². The molecule has 3 heterocycles. The van der Waals surface area contributed by atoms with E-state index in [2.05, 4.69) is 26.5 Å². The maximum atomic E-state index is 12.8. The van der Waals surface area contributed by atoms with Gasteiger partial charge in [0.25, 0.3) is 0 Å². The van der Waals surface area contributed by atoms with Crippen LogP contribution in [0.4, 0.5) is 0 Å². The van der Waals surface area contributed by atoms with Gasteiger partial charge in [0.1, 0.15) is 41.9 Å². The first-order chi connectivity index (χ1) is 18.2. The Morgan fingerprint density at radius 1 is 1.24 bits per heavy atom. The van der Waals surface area contributed by atoms with E-state index in [4.69, 9.17) is 4.74 Å². The molecule has 0 unspecified atom stereocenters. The lowest BCUT2D eigenvalue weighted by Gasteiger charge is -2.40. The summed E-state index contributed by atoms with van der Waals surface area (Å²) in [6.07, 6.45) is 0.703. The number of hydrogen-bond acceptors (Lipinski definition) is 10. The minimum Gasteiger partial charge on any atom is -0.478 e. The van der Waals surface area contributed by atoms with Crippen LogP contribution in [0.5, 0.6) is 0 Å². The fourth-order valence-corrected chi connectivity index (χ4v) is 4.29. The molecular weight excluding hydrogens is 496 g/mol. The van der Waals surface area contributed by atoms with E-state index < -0.39 is 60.6 Å². The molecule has 2 aromatic heterocycles. The number of aromatic nitrogens is 4. The molecule has 0 fully saturated rings. The molecule has 0 saturated carbocycles. The summed E-state index contributed by atoms with van der Waals surface area (Å²) in [5.41, 5.74) is 1.70. The zero-order valence-corrected chi connectivity index (χ0v) is 20.5. The highest BCUT2D eigenvalue weighted by Gasteiger charge is 2.45.